The summed E-state index contributed by atoms with van der Waals surface area (Å²) in [6.07, 6.45) is -3.28. The van der Waals surface area contributed by atoms with Gasteiger partial charge in [-0.2, -0.15) is 18.4 Å². The van der Waals surface area contributed by atoms with Gasteiger partial charge in [-0.05, 0) is 61.0 Å². The quantitative estimate of drug-likeness (QED) is 0.533. The Morgan fingerprint density at radius 1 is 1.16 bits per heavy atom. The van der Waals surface area contributed by atoms with Gasteiger partial charge in [0.15, 0.2) is 0 Å². The zero-order chi connectivity index (χ0) is 22.8. The number of anilines is 1. The Labute approximate surface area is 180 Å². The third kappa shape index (κ3) is 5.07. The van der Waals surface area contributed by atoms with Crippen LogP contribution in [0.3, 0.4) is 0 Å². The standard InChI is InChI=1S/C20H13ClF3N3O3S/c1-12-9-15(30-19-13(11-25)3-2-8-26-19)5-7-17(12)27-31(28,29)18-10-14(20(22,23)24)4-6-16(18)21/h2-10,27H,1H3. The molecule has 0 radical (unpaired) electrons. The molecule has 0 unspecified atom stereocenters. The number of alkyl halides is 3. The molecule has 0 amide bonds. The van der Waals surface area contributed by atoms with Gasteiger partial charge in [-0.15, -0.1) is 0 Å². The second-order valence-electron chi connectivity index (χ2n) is 6.30. The summed E-state index contributed by atoms with van der Waals surface area (Å²) in [6.45, 7) is 1.57. The molecule has 11 heteroatoms. The molecule has 3 aromatic rings. The maximum Gasteiger partial charge on any atom is 0.416 e. The molecule has 0 spiro atoms. The van der Waals surface area contributed by atoms with Gasteiger partial charge in [-0.25, -0.2) is 13.4 Å². The minimum absolute atomic E-state index is 0.0773. The van der Waals surface area contributed by atoms with Crippen molar-refractivity contribution in [2.24, 2.45) is 0 Å². The summed E-state index contributed by atoms with van der Waals surface area (Å²) in [4.78, 5) is 3.27. The van der Waals surface area contributed by atoms with Crippen LogP contribution in [0.1, 0.15) is 16.7 Å². The molecule has 1 heterocycles. The van der Waals surface area contributed by atoms with E-state index in [-0.39, 0.29) is 27.9 Å². The van der Waals surface area contributed by atoms with Crippen molar-refractivity contribution >= 4 is 27.3 Å². The molecule has 0 saturated heterocycles. The Bertz CT molecular complexity index is 1290. The summed E-state index contributed by atoms with van der Waals surface area (Å²) in [7, 11) is -4.41. The van der Waals surface area contributed by atoms with Crippen molar-refractivity contribution in [3.05, 3.63) is 76.4 Å². The number of aromatic nitrogens is 1. The normalized spacial score (nSPS) is 11.6. The predicted octanol–water partition coefficient (Wildman–Crippen LogP) is 5.53. The lowest BCUT2D eigenvalue weighted by Gasteiger charge is -2.15. The smallest absolute Gasteiger partial charge is 0.416 e. The topological polar surface area (TPSA) is 92.1 Å². The number of rotatable bonds is 5. The minimum atomic E-state index is -4.72. The Morgan fingerprint density at radius 3 is 2.55 bits per heavy atom. The van der Waals surface area contributed by atoms with Gasteiger partial charge in [-0.1, -0.05) is 11.6 Å². The maximum atomic E-state index is 13.0. The molecule has 6 nitrogen and oxygen atoms in total. The van der Waals surface area contributed by atoms with Gasteiger partial charge in [-0.3, -0.25) is 4.72 Å². The van der Waals surface area contributed by atoms with E-state index in [1.807, 2.05) is 6.07 Å². The number of hydrogen-bond donors (Lipinski definition) is 1. The number of pyridine rings is 1. The van der Waals surface area contributed by atoms with E-state index in [1.165, 1.54) is 30.5 Å². The Morgan fingerprint density at radius 2 is 1.90 bits per heavy atom. The van der Waals surface area contributed by atoms with E-state index >= 15 is 0 Å². The molecular weight excluding hydrogens is 455 g/mol. The van der Waals surface area contributed by atoms with Gasteiger partial charge < -0.3 is 4.74 Å². The lowest BCUT2D eigenvalue weighted by Crippen LogP contribution is -2.16. The van der Waals surface area contributed by atoms with E-state index in [1.54, 1.807) is 13.0 Å². The fourth-order valence-electron chi connectivity index (χ4n) is 2.57. The van der Waals surface area contributed by atoms with Crippen LogP contribution in [0.5, 0.6) is 11.6 Å². The van der Waals surface area contributed by atoms with Crippen molar-refractivity contribution in [3.63, 3.8) is 0 Å². The SMILES string of the molecule is Cc1cc(Oc2ncccc2C#N)ccc1NS(=O)(=O)c1cc(C(F)(F)F)ccc1Cl. The molecule has 0 atom stereocenters. The fourth-order valence-corrected chi connectivity index (χ4v) is 4.23. The van der Waals surface area contributed by atoms with E-state index in [9.17, 15) is 21.6 Å². The zero-order valence-corrected chi connectivity index (χ0v) is 17.3. The van der Waals surface area contributed by atoms with Crippen LogP contribution < -0.4 is 9.46 Å². The number of aryl methyl sites for hydroxylation is 1. The van der Waals surface area contributed by atoms with Crippen molar-refractivity contribution in [3.8, 4) is 17.7 Å². The maximum absolute atomic E-state index is 13.0. The molecule has 31 heavy (non-hydrogen) atoms. The first-order chi connectivity index (χ1) is 14.5. The van der Waals surface area contributed by atoms with Crippen LogP contribution in [0, 0.1) is 18.3 Å². The van der Waals surface area contributed by atoms with Crippen molar-refractivity contribution < 1.29 is 26.3 Å². The lowest BCUT2D eigenvalue weighted by atomic mass is 10.2. The first-order valence-electron chi connectivity index (χ1n) is 8.54. The van der Waals surface area contributed by atoms with Crippen molar-refractivity contribution in [2.75, 3.05) is 4.72 Å². The Balaban J connectivity index is 1.89. The van der Waals surface area contributed by atoms with E-state index < -0.39 is 26.7 Å². The number of nitrogens with one attached hydrogen (secondary N) is 1. The highest BCUT2D eigenvalue weighted by atomic mass is 35.5. The molecule has 3 rings (SSSR count). The Hall–Kier alpha value is -3.29. The van der Waals surface area contributed by atoms with Crippen LogP contribution in [-0.4, -0.2) is 13.4 Å². The second-order valence-corrected chi connectivity index (χ2v) is 8.35. The first-order valence-corrected chi connectivity index (χ1v) is 10.4. The second kappa shape index (κ2) is 8.45. The average molecular weight is 468 g/mol. The molecule has 160 valence electrons. The van der Waals surface area contributed by atoms with E-state index in [0.717, 1.165) is 6.07 Å². The Kier molecular flexibility index (Phi) is 6.10. The molecule has 2 aromatic carbocycles. The van der Waals surface area contributed by atoms with Crippen LogP contribution >= 0.6 is 11.6 Å². The highest BCUT2D eigenvalue weighted by Crippen LogP contribution is 2.34. The fraction of sp³-hybridized carbons (Fsp3) is 0.100. The van der Waals surface area contributed by atoms with Crippen LogP contribution in [-0.2, 0) is 16.2 Å². The predicted molar refractivity (Wildman–Crippen MR) is 107 cm³/mol. The molecular formula is C20H13ClF3N3O3S. The molecule has 0 aliphatic heterocycles. The van der Waals surface area contributed by atoms with Crippen molar-refractivity contribution in [1.29, 1.82) is 5.26 Å². The van der Waals surface area contributed by atoms with E-state index in [0.29, 0.717) is 17.7 Å². The summed E-state index contributed by atoms with van der Waals surface area (Å²) in [6, 6.07) is 11.4. The summed E-state index contributed by atoms with van der Waals surface area (Å²) in [5, 5.41) is 8.75. The number of sulfonamides is 1. The monoisotopic (exact) mass is 467 g/mol. The number of hydrogen-bond acceptors (Lipinski definition) is 5. The van der Waals surface area contributed by atoms with Gasteiger partial charge in [0, 0.05) is 6.20 Å². The average Bonchev–Trinajstić information content (AvgIpc) is 2.69. The largest absolute Gasteiger partial charge is 0.438 e. The minimum Gasteiger partial charge on any atom is -0.438 e. The van der Waals surface area contributed by atoms with Crippen LogP contribution in [0.15, 0.2) is 59.6 Å². The molecule has 0 aliphatic rings. The van der Waals surface area contributed by atoms with Gasteiger partial charge in [0.05, 0.1) is 16.3 Å². The number of benzene rings is 2. The third-order valence-electron chi connectivity index (χ3n) is 4.10. The van der Waals surface area contributed by atoms with Crippen molar-refractivity contribution in [1.82, 2.24) is 4.98 Å². The molecule has 0 saturated carbocycles. The van der Waals surface area contributed by atoms with Crippen LogP contribution in [0.25, 0.3) is 0 Å². The molecule has 1 N–H and O–H groups in total. The highest BCUT2D eigenvalue weighted by molar-refractivity contribution is 7.92. The van der Waals surface area contributed by atoms with E-state index in [4.69, 9.17) is 21.6 Å². The van der Waals surface area contributed by atoms with Crippen LogP contribution in [0.2, 0.25) is 5.02 Å². The lowest BCUT2D eigenvalue weighted by molar-refractivity contribution is -0.137. The van der Waals surface area contributed by atoms with E-state index in [2.05, 4.69) is 9.71 Å². The molecule has 1 aromatic heterocycles. The number of nitriles is 1. The van der Waals surface area contributed by atoms with Gasteiger partial charge in [0.1, 0.15) is 22.3 Å². The number of nitrogens with zero attached hydrogens (tertiary/aromatic N) is 2. The van der Waals surface area contributed by atoms with Gasteiger partial charge in [0.2, 0.25) is 5.88 Å². The molecule has 0 aliphatic carbocycles. The zero-order valence-electron chi connectivity index (χ0n) is 15.7. The third-order valence-corrected chi connectivity index (χ3v) is 5.94. The highest BCUT2D eigenvalue weighted by Gasteiger charge is 2.32. The molecule has 0 fully saturated rings. The first kappa shape index (κ1) is 22.4. The molecule has 0 bridgehead atoms. The summed E-state index contributed by atoms with van der Waals surface area (Å²) in [5.74, 6) is 0.362. The van der Waals surface area contributed by atoms with Gasteiger partial charge >= 0.3 is 6.18 Å². The number of ether oxygens (including phenoxy) is 1. The summed E-state index contributed by atoms with van der Waals surface area (Å²) < 4.78 is 72.0. The van der Waals surface area contributed by atoms with Crippen LogP contribution in [0.4, 0.5) is 18.9 Å². The van der Waals surface area contributed by atoms with Gasteiger partial charge in [0.25, 0.3) is 10.0 Å². The van der Waals surface area contributed by atoms with Crippen molar-refractivity contribution in [2.45, 2.75) is 18.0 Å². The number of halogens is 4. The summed E-state index contributed by atoms with van der Waals surface area (Å²) in [5.41, 5.74) is -0.397. The summed E-state index contributed by atoms with van der Waals surface area (Å²) >= 11 is 5.84.